The summed E-state index contributed by atoms with van der Waals surface area (Å²) in [5.41, 5.74) is 0. The molecule has 0 amide bonds. The fraction of sp³-hybridized carbons (Fsp3) is 1.00. The molecule has 0 radical (unpaired) electrons. The second-order valence-corrected chi connectivity index (χ2v) is 12.9. The minimum absolute atomic E-state index is 0.0373. The molecular weight excluding hydrogens is 272 g/mol. The molecule has 2 aliphatic rings. The third-order valence-corrected chi connectivity index (χ3v) is 9.52. The third kappa shape index (κ3) is 2.97. The Hall–Kier alpha value is 0.0569. The van der Waals surface area contributed by atoms with E-state index in [-0.39, 0.29) is 35.9 Å². The number of ether oxygens (including phenoxy) is 2. The Bertz CT molecular complexity index is 361. The first-order chi connectivity index (χ1) is 8.97. The molecule has 5 heteroatoms. The van der Waals surface area contributed by atoms with E-state index >= 15 is 0 Å². The van der Waals surface area contributed by atoms with Gasteiger partial charge in [-0.2, -0.15) is 0 Å². The number of fused-ring (bicyclic) bond motifs is 1. The lowest BCUT2D eigenvalue weighted by molar-refractivity contribution is -0.166. The van der Waals surface area contributed by atoms with Gasteiger partial charge in [-0.1, -0.05) is 20.8 Å². The Kier molecular flexibility index (Phi) is 4.15. The Morgan fingerprint density at radius 2 is 1.75 bits per heavy atom. The van der Waals surface area contributed by atoms with Gasteiger partial charge in [-0.3, -0.25) is 0 Å². The molecule has 1 heterocycles. The molecule has 20 heavy (non-hydrogen) atoms. The molecule has 2 fully saturated rings. The molecule has 1 saturated carbocycles. The van der Waals surface area contributed by atoms with Crippen LogP contribution in [-0.4, -0.2) is 44.1 Å². The van der Waals surface area contributed by atoms with E-state index in [1.807, 2.05) is 13.8 Å². The molecule has 2 rings (SSSR count). The second kappa shape index (κ2) is 5.06. The van der Waals surface area contributed by atoms with Gasteiger partial charge < -0.3 is 19.0 Å². The SMILES string of the molecule is CC1(C)O[C@@H]2[C@@H](CO)C[C@H](O[Si](C)(C)C(C)(C)C)[C@@H]2O1. The van der Waals surface area contributed by atoms with Crippen LogP contribution in [0.2, 0.25) is 18.1 Å². The van der Waals surface area contributed by atoms with Gasteiger partial charge in [0.1, 0.15) is 6.10 Å². The smallest absolute Gasteiger partial charge is 0.192 e. The molecule has 0 bridgehead atoms. The number of aliphatic hydroxyl groups is 1. The average molecular weight is 302 g/mol. The van der Waals surface area contributed by atoms with Gasteiger partial charge in [-0.15, -0.1) is 0 Å². The Balaban J connectivity index is 2.14. The molecule has 1 saturated heterocycles. The summed E-state index contributed by atoms with van der Waals surface area (Å²) in [6.45, 7) is 15.2. The first-order valence-corrected chi connectivity index (χ1v) is 10.5. The average Bonchev–Trinajstić information content (AvgIpc) is 2.71. The van der Waals surface area contributed by atoms with Gasteiger partial charge in [-0.05, 0) is 38.4 Å². The molecule has 1 N–H and O–H groups in total. The van der Waals surface area contributed by atoms with E-state index in [2.05, 4.69) is 33.9 Å². The molecule has 118 valence electrons. The quantitative estimate of drug-likeness (QED) is 0.814. The first kappa shape index (κ1) is 16.4. The van der Waals surface area contributed by atoms with Crippen molar-refractivity contribution in [2.45, 2.75) is 83.3 Å². The van der Waals surface area contributed by atoms with Crippen molar-refractivity contribution >= 4 is 8.32 Å². The van der Waals surface area contributed by atoms with E-state index in [0.717, 1.165) is 6.42 Å². The lowest BCUT2D eigenvalue weighted by atomic mass is 10.1. The van der Waals surface area contributed by atoms with Gasteiger partial charge in [-0.25, -0.2) is 0 Å². The normalized spacial score (nSPS) is 37.2. The van der Waals surface area contributed by atoms with Crippen molar-refractivity contribution in [3.8, 4) is 0 Å². The number of hydrogen-bond donors (Lipinski definition) is 1. The molecule has 0 spiro atoms. The summed E-state index contributed by atoms with van der Waals surface area (Å²) in [6, 6.07) is 0. The monoisotopic (exact) mass is 302 g/mol. The van der Waals surface area contributed by atoms with Crippen LogP contribution < -0.4 is 0 Å². The number of aliphatic hydroxyl groups excluding tert-OH is 1. The van der Waals surface area contributed by atoms with E-state index < -0.39 is 14.1 Å². The zero-order chi connectivity index (χ0) is 15.3. The highest BCUT2D eigenvalue weighted by atomic mass is 28.4. The van der Waals surface area contributed by atoms with E-state index in [4.69, 9.17) is 13.9 Å². The highest BCUT2D eigenvalue weighted by Gasteiger charge is 2.56. The fourth-order valence-electron chi connectivity index (χ4n) is 2.88. The molecule has 1 aliphatic heterocycles. The van der Waals surface area contributed by atoms with Crippen LogP contribution in [0.3, 0.4) is 0 Å². The number of hydrogen-bond acceptors (Lipinski definition) is 4. The molecule has 0 aromatic heterocycles. The van der Waals surface area contributed by atoms with Gasteiger partial charge in [0, 0.05) is 12.5 Å². The summed E-state index contributed by atoms with van der Waals surface area (Å²) >= 11 is 0. The van der Waals surface area contributed by atoms with Gasteiger partial charge in [0.25, 0.3) is 0 Å². The standard InChI is InChI=1S/C15H30O4Si/c1-14(2,3)20(6,7)19-11-8-10(9-16)12-13(11)18-15(4,5)17-12/h10-13,16H,8-9H2,1-7H3/t10-,11+,12-,13+/m1/s1. The van der Waals surface area contributed by atoms with Crippen molar-refractivity contribution in [3.63, 3.8) is 0 Å². The van der Waals surface area contributed by atoms with E-state index in [0.29, 0.717) is 0 Å². The number of rotatable bonds is 3. The van der Waals surface area contributed by atoms with Crippen molar-refractivity contribution in [2.24, 2.45) is 5.92 Å². The van der Waals surface area contributed by atoms with E-state index in [1.54, 1.807) is 0 Å². The zero-order valence-corrected chi connectivity index (χ0v) is 14.9. The Morgan fingerprint density at radius 1 is 1.20 bits per heavy atom. The Morgan fingerprint density at radius 3 is 2.25 bits per heavy atom. The van der Waals surface area contributed by atoms with E-state index in [1.165, 1.54) is 0 Å². The van der Waals surface area contributed by atoms with Crippen molar-refractivity contribution in [2.75, 3.05) is 6.61 Å². The van der Waals surface area contributed by atoms with Crippen LogP contribution in [0.25, 0.3) is 0 Å². The highest BCUT2D eigenvalue weighted by molar-refractivity contribution is 6.74. The minimum atomic E-state index is -1.84. The lowest BCUT2D eigenvalue weighted by Crippen LogP contribution is -2.46. The molecule has 4 atom stereocenters. The van der Waals surface area contributed by atoms with Gasteiger partial charge in [0.2, 0.25) is 0 Å². The zero-order valence-electron chi connectivity index (χ0n) is 13.9. The maximum atomic E-state index is 9.58. The largest absolute Gasteiger partial charge is 0.411 e. The maximum Gasteiger partial charge on any atom is 0.192 e. The summed E-state index contributed by atoms with van der Waals surface area (Å²) in [6.07, 6.45) is 0.787. The van der Waals surface area contributed by atoms with E-state index in [9.17, 15) is 5.11 Å². The summed E-state index contributed by atoms with van der Waals surface area (Å²) in [4.78, 5) is 0. The molecule has 0 aromatic rings. The molecule has 0 unspecified atom stereocenters. The van der Waals surface area contributed by atoms with Gasteiger partial charge >= 0.3 is 0 Å². The first-order valence-electron chi connectivity index (χ1n) is 7.61. The highest BCUT2D eigenvalue weighted by Crippen LogP contribution is 2.46. The lowest BCUT2D eigenvalue weighted by Gasteiger charge is -2.39. The van der Waals surface area contributed by atoms with Crippen molar-refractivity contribution < 1.29 is 19.0 Å². The Labute approximate surface area is 123 Å². The second-order valence-electron chi connectivity index (χ2n) is 8.16. The third-order valence-electron chi connectivity index (χ3n) is 5.02. The van der Waals surface area contributed by atoms with Crippen LogP contribution in [0.15, 0.2) is 0 Å². The van der Waals surface area contributed by atoms with Crippen LogP contribution in [0.4, 0.5) is 0 Å². The van der Waals surface area contributed by atoms with Crippen molar-refractivity contribution in [1.82, 2.24) is 0 Å². The molecule has 0 aromatic carbocycles. The van der Waals surface area contributed by atoms with Crippen molar-refractivity contribution in [1.29, 1.82) is 0 Å². The molecule has 1 aliphatic carbocycles. The summed E-state index contributed by atoms with van der Waals surface area (Å²) in [5, 5.41) is 9.75. The predicted molar refractivity (Wildman–Crippen MR) is 81.1 cm³/mol. The van der Waals surface area contributed by atoms with Crippen LogP contribution in [-0.2, 0) is 13.9 Å². The fourth-order valence-corrected chi connectivity index (χ4v) is 4.23. The molecular formula is C15H30O4Si. The summed E-state index contributed by atoms with van der Waals surface area (Å²) < 4.78 is 18.5. The minimum Gasteiger partial charge on any atom is -0.411 e. The van der Waals surface area contributed by atoms with Gasteiger partial charge in [0.05, 0.1) is 12.2 Å². The topological polar surface area (TPSA) is 47.9 Å². The predicted octanol–water partition coefficient (Wildman–Crippen LogP) is 2.91. The summed E-state index contributed by atoms with van der Waals surface area (Å²) in [7, 11) is -1.84. The van der Waals surface area contributed by atoms with Crippen LogP contribution >= 0.6 is 0 Å². The van der Waals surface area contributed by atoms with Crippen LogP contribution in [0, 0.1) is 5.92 Å². The van der Waals surface area contributed by atoms with Crippen LogP contribution in [0.1, 0.15) is 41.0 Å². The maximum absolute atomic E-state index is 9.58. The molecule has 4 nitrogen and oxygen atoms in total. The van der Waals surface area contributed by atoms with Gasteiger partial charge in [0.15, 0.2) is 14.1 Å². The van der Waals surface area contributed by atoms with Crippen LogP contribution in [0.5, 0.6) is 0 Å². The summed E-state index contributed by atoms with van der Waals surface area (Å²) in [5.74, 6) is -0.449. The van der Waals surface area contributed by atoms with Crippen molar-refractivity contribution in [3.05, 3.63) is 0 Å².